The van der Waals surface area contributed by atoms with Crippen LogP contribution < -0.4 is 0 Å². The van der Waals surface area contributed by atoms with Crippen LogP contribution >= 0.6 is 0 Å². The zero-order valence-electron chi connectivity index (χ0n) is 9.60. The number of aromatic nitrogens is 1. The predicted octanol–water partition coefficient (Wildman–Crippen LogP) is 2.24. The molecule has 90 valence electrons. The first-order chi connectivity index (χ1) is 8.25. The average molecular weight is 234 g/mol. The van der Waals surface area contributed by atoms with Gasteiger partial charge in [0.25, 0.3) is 5.91 Å². The molecular weight excluding hydrogens is 219 g/mol. The van der Waals surface area contributed by atoms with Gasteiger partial charge in [-0.3, -0.25) is 4.79 Å². The molecule has 0 bridgehead atoms. The molecule has 1 aromatic heterocycles. The van der Waals surface area contributed by atoms with E-state index in [0.717, 1.165) is 19.4 Å². The number of rotatable bonds is 4. The molecule has 0 atom stereocenters. The molecule has 3 nitrogen and oxygen atoms in total. The van der Waals surface area contributed by atoms with Gasteiger partial charge in [0, 0.05) is 18.8 Å². The Morgan fingerprint density at radius 3 is 2.76 bits per heavy atom. The predicted molar refractivity (Wildman–Crippen MR) is 61.0 cm³/mol. The fourth-order valence-corrected chi connectivity index (χ4v) is 2.06. The van der Waals surface area contributed by atoms with Gasteiger partial charge in [-0.2, -0.15) is 4.39 Å². The summed E-state index contributed by atoms with van der Waals surface area (Å²) in [5.41, 5.74) is 0.111. The summed E-state index contributed by atoms with van der Waals surface area (Å²) in [5, 5.41) is 0. The van der Waals surface area contributed by atoms with Crippen LogP contribution in [0.2, 0.25) is 0 Å². The Hall–Kier alpha value is -1.45. The van der Waals surface area contributed by atoms with Crippen molar-refractivity contribution in [1.29, 1.82) is 0 Å². The van der Waals surface area contributed by atoms with Crippen LogP contribution in [-0.2, 0) is 0 Å². The summed E-state index contributed by atoms with van der Waals surface area (Å²) in [6, 6.07) is 3.47. The minimum Gasteiger partial charge on any atom is -0.335 e. The summed E-state index contributed by atoms with van der Waals surface area (Å²) in [5.74, 6) is -0.205. The number of carbonyl (C=O) groups is 1. The van der Waals surface area contributed by atoms with Crippen molar-refractivity contribution in [2.45, 2.75) is 31.7 Å². The van der Waals surface area contributed by atoms with Crippen molar-refractivity contribution in [3.63, 3.8) is 0 Å². The zero-order chi connectivity index (χ0) is 11.8. The van der Waals surface area contributed by atoms with Gasteiger partial charge in [0.15, 0.2) is 0 Å². The molecule has 0 radical (unpaired) electrons. The Morgan fingerprint density at radius 2 is 2.18 bits per heavy atom. The minimum absolute atomic E-state index is 0.111. The first-order valence-electron chi connectivity index (χ1n) is 6.17. The van der Waals surface area contributed by atoms with Gasteiger partial charge in [-0.05, 0) is 43.7 Å². The van der Waals surface area contributed by atoms with Gasteiger partial charge in [0.05, 0.1) is 5.56 Å². The van der Waals surface area contributed by atoms with Gasteiger partial charge in [-0.1, -0.05) is 0 Å². The van der Waals surface area contributed by atoms with Crippen LogP contribution in [0.5, 0.6) is 0 Å². The summed E-state index contributed by atoms with van der Waals surface area (Å²) in [7, 11) is 0. The van der Waals surface area contributed by atoms with E-state index in [1.165, 1.54) is 25.1 Å². The highest BCUT2D eigenvalue weighted by molar-refractivity contribution is 5.94. The summed E-state index contributed by atoms with van der Waals surface area (Å²) in [4.78, 5) is 17.6. The highest BCUT2D eigenvalue weighted by Gasteiger charge is 2.37. The average Bonchev–Trinajstić information content (AvgIpc) is 3.17. The number of halogens is 1. The lowest BCUT2D eigenvalue weighted by Crippen LogP contribution is -2.35. The van der Waals surface area contributed by atoms with E-state index in [1.807, 2.05) is 4.90 Å². The van der Waals surface area contributed by atoms with Crippen molar-refractivity contribution in [3.05, 3.63) is 29.8 Å². The summed E-state index contributed by atoms with van der Waals surface area (Å²) in [6.07, 6.45) is 5.88. The Labute approximate surface area is 99.6 Å². The molecule has 4 heteroatoms. The highest BCUT2D eigenvalue weighted by Crippen LogP contribution is 2.35. The maximum atomic E-state index is 13.5. The Morgan fingerprint density at radius 1 is 1.41 bits per heavy atom. The van der Waals surface area contributed by atoms with Crippen molar-refractivity contribution >= 4 is 5.91 Å². The molecule has 0 saturated heterocycles. The molecule has 0 unspecified atom stereocenters. The van der Waals surface area contributed by atoms with E-state index in [1.54, 1.807) is 6.07 Å². The number of amides is 1. The van der Waals surface area contributed by atoms with Crippen LogP contribution in [0, 0.1) is 11.9 Å². The van der Waals surface area contributed by atoms with Gasteiger partial charge in [-0.25, -0.2) is 4.98 Å². The smallest absolute Gasteiger partial charge is 0.258 e. The first-order valence-corrected chi connectivity index (χ1v) is 6.17. The van der Waals surface area contributed by atoms with Gasteiger partial charge in [-0.15, -0.1) is 0 Å². The van der Waals surface area contributed by atoms with Crippen molar-refractivity contribution in [3.8, 4) is 0 Å². The standard InChI is InChI=1S/C13H15FN2O/c14-12-11(2-1-7-15-12)13(17)16(10-5-6-10)8-9-3-4-9/h1-2,7,9-10H,3-6,8H2. The Balaban J connectivity index is 1.80. The Kier molecular flexibility index (Phi) is 2.57. The molecule has 0 aromatic carbocycles. The fourth-order valence-electron chi connectivity index (χ4n) is 2.06. The van der Waals surface area contributed by atoms with E-state index in [4.69, 9.17) is 0 Å². The molecular formula is C13H15FN2O. The van der Waals surface area contributed by atoms with Crippen LogP contribution in [0.15, 0.2) is 18.3 Å². The van der Waals surface area contributed by atoms with Crippen molar-refractivity contribution in [2.24, 2.45) is 5.92 Å². The number of hydrogen-bond donors (Lipinski definition) is 0. The molecule has 2 aliphatic rings. The van der Waals surface area contributed by atoms with E-state index >= 15 is 0 Å². The van der Waals surface area contributed by atoms with Gasteiger partial charge in [0.2, 0.25) is 5.95 Å². The van der Waals surface area contributed by atoms with Crippen LogP contribution in [0.1, 0.15) is 36.0 Å². The zero-order valence-corrected chi connectivity index (χ0v) is 9.60. The fraction of sp³-hybridized carbons (Fsp3) is 0.538. The molecule has 1 aromatic rings. The van der Waals surface area contributed by atoms with E-state index in [-0.39, 0.29) is 11.5 Å². The maximum absolute atomic E-state index is 13.5. The molecule has 0 spiro atoms. The third-order valence-corrected chi connectivity index (χ3v) is 3.39. The molecule has 0 aliphatic heterocycles. The van der Waals surface area contributed by atoms with Crippen LogP contribution in [-0.4, -0.2) is 28.4 Å². The molecule has 1 heterocycles. The van der Waals surface area contributed by atoms with Gasteiger partial charge >= 0.3 is 0 Å². The third-order valence-electron chi connectivity index (χ3n) is 3.39. The van der Waals surface area contributed by atoms with E-state index in [0.29, 0.717) is 12.0 Å². The second-order valence-corrected chi connectivity index (χ2v) is 4.97. The van der Waals surface area contributed by atoms with Crippen LogP contribution in [0.3, 0.4) is 0 Å². The lowest BCUT2D eigenvalue weighted by atomic mass is 10.2. The number of nitrogens with zero attached hydrogens (tertiary/aromatic N) is 2. The quantitative estimate of drug-likeness (QED) is 0.748. The topological polar surface area (TPSA) is 33.2 Å². The number of pyridine rings is 1. The minimum atomic E-state index is -0.654. The normalized spacial score (nSPS) is 19.1. The molecule has 1 amide bonds. The lowest BCUT2D eigenvalue weighted by Gasteiger charge is -2.22. The second kappa shape index (κ2) is 4.09. The summed E-state index contributed by atoms with van der Waals surface area (Å²) in [6.45, 7) is 0.790. The second-order valence-electron chi connectivity index (χ2n) is 4.97. The van der Waals surface area contributed by atoms with Gasteiger partial charge < -0.3 is 4.90 Å². The first kappa shape index (κ1) is 10.7. The van der Waals surface area contributed by atoms with Crippen LogP contribution in [0.4, 0.5) is 4.39 Å². The highest BCUT2D eigenvalue weighted by atomic mass is 19.1. The maximum Gasteiger partial charge on any atom is 0.258 e. The molecule has 2 fully saturated rings. The van der Waals surface area contributed by atoms with Gasteiger partial charge in [0.1, 0.15) is 0 Å². The molecule has 2 aliphatic carbocycles. The van der Waals surface area contributed by atoms with Crippen molar-refractivity contribution < 1.29 is 9.18 Å². The van der Waals surface area contributed by atoms with E-state index < -0.39 is 5.95 Å². The third kappa shape index (κ3) is 2.30. The molecule has 0 N–H and O–H groups in total. The summed E-state index contributed by atoms with van der Waals surface area (Å²) >= 11 is 0. The molecule has 3 rings (SSSR count). The van der Waals surface area contributed by atoms with Crippen LogP contribution in [0.25, 0.3) is 0 Å². The molecule has 17 heavy (non-hydrogen) atoms. The van der Waals surface area contributed by atoms with E-state index in [9.17, 15) is 9.18 Å². The lowest BCUT2D eigenvalue weighted by molar-refractivity contribution is 0.0729. The monoisotopic (exact) mass is 234 g/mol. The van der Waals surface area contributed by atoms with E-state index in [2.05, 4.69) is 4.98 Å². The van der Waals surface area contributed by atoms with Crippen molar-refractivity contribution in [1.82, 2.24) is 9.88 Å². The number of hydrogen-bond acceptors (Lipinski definition) is 2. The SMILES string of the molecule is O=C(c1cccnc1F)N(CC1CC1)C1CC1. The van der Waals surface area contributed by atoms with Crippen molar-refractivity contribution in [2.75, 3.05) is 6.54 Å². The Bertz CT molecular complexity index is 441. The largest absolute Gasteiger partial charge is 0.335 e. The summed E-state index contributed by atoms with van der Waals surface area (Å²) < 4.78 is 13.5. The molecule has 2 saturated carbocycles. The number of carbonyl (C=O) groups excluding carboxylic acids is 1.